The third kappa shape index (κ3) is 9.49. The molecule has 1 atom stereocenters. The number of nitrogens with one attached hydrogen (secondary N) is 3. The van der Waals surface area contributed by atoms with Gasteiger partial charge in [0.25, 0.3) is 0 Å². The summed E-state index contributed by atoms with van der Waals surface area (Å²) in [5.74, 6) is -2.44. The molecule has 0 aliphatic carbocycles. The second kappa shape index (κ2) is 14.1. The molecule has 9 heteroatoms. The molecule has 0 saturated heterocycles. The molecule has 0 spiro atoms. The van der Waals surface area contributed by atoms with E-state index >= 15 is 0 Å². The first kappa shape index (κ1) is 30.9. The van der Waals surface area contributed by atoms with Crippen molar-refractivity contribution in [3.63, 3.8) is 0 Å². The van der Waals surface area contributed by atoms with Gasteiger partial charge in [0.05, 0.1) is 6.54 Å². The average Bonchev–Trinajstić information content (AvgIpc) is 2.94. The summed E-state index contributed by atoms with van der Waals surface area (Å²) >= 11 is 0. The van der Waals surface area contributed by atoms with Gasteiger partial charge in [-0.1, -0.05) is 91.0 Å². The summed E-state index contributed by atoms with van der Waals surface area (Å²) in [7, 11) is 0. The van der Waals surface area contributed by atoms with E-state index in [9.17, 15) is 19.2 Å². The van der Waals surface area contributed by atoms with E-state index in [0.29, 0.717) is 0 Å². The highest BCUT2D eigenvalue weighted by Gasteiger charge is 2.45. The van der Waals surface area contributed by atoms with Crippen molar-refractivity contribution in [1.29, 1.82) is 0 Å². The minimum absolute atomic E-state index is 0.0127. The number of esters is 1. The summed E-state index contributed by atoms with van der Waals surface area (Å²) in [5, 5.41) is 7.85. The third-order valence-corrected chi connectivity index (χ3v) is 6.15. The first-order valence-corrected chi connectivity index (χ1v) is 13.3. The van der Waals surface area contributed by atoms with Crippen molar-refractivity contribution in [2.24, 2.45) is 0 Å². The number of ether oxygens (including phenoxy) is 2. The zero-order valence-electron chi connectivity index (χ0n) is 23.8. The van der Waals surface area contributed by atoms with Crippen LogP contribution >= 0.6 is 0 Å². The van der Waals surface area contributed by atoms with Gasteiger partial charge in [-0.2, -0.15) is 0 Å². The molecule has 0 aromatic heterocycles. The van der Waals surface area contributed by atoms with Crippen LogP contribution in [0.2, 0.25) is 0 Å². The lowest BCUT2D eigenvalue weighted by molar-refractivity contribution is -0.154. The summed E-state index contributed by atoms with van der Waals surface area (Å²) in [6, 6.07) is 27.8. The molecule has 9 nitrogen and oxygen atoms in total. The van der Waals surface area contributed by atoms with Crippen LogP contribution in [0.4, 0.5) is 4.79 Å². The van der Waals surface area contributed by atoms with Crippen molar-refractivity contribution in [3.05, 3.63) is 108 Å². The highest BCUT2D eigenvalue weighted by Crippen LogP contribution is 2.35. The highest BCUT2D eigenvalue weighted by atomic mass is 16.6. The molecule has 0 bridgehead atoms. The fourth-order valence-electron chi connectivity index (χ4n) is 4.34. The van der Waals surface area contributed by atoms with Crippen LogP contribution < -0.4 is 16.0 Å². The summed E-state index contributed by atoms with van der Waals surface area (Å²) < 4.78 is 10.7. The molecule has 0 aliphatic heterocycles. The van der Waals surface area contributed by atoms with Crippen LogP contribution in [0.1, 0.15) is 50.3 Å². The Hall–Kier alpha value is -4.66. The Labute approximate surface area is 240 Å². The van der Waals surface area contributed by atoms with Crippen molar-refractivity contribution < 1.29 is 28.7 Å². The maximum absolute atomic E-state index is 13.8. The summed E-state index contributed by atoms with van der Waals surface area (Å²) in [4.78, 5) is 51.4. The first-order chi connectivity index (χ1) is 19.5. The van der Waals surface area contributed by atoms with Gasteiger partial charge in [0.2, 0.25) is 11.8 Å². The van der Waals surface area contributed by atoms with Gasteiger partial charge in [-0.15, -0.1) is 0 Å². The number of carbonyl (C=O) groups excluding carboxylic acids is 4. The lowest BCUT2D eigenvalue weighted by Crippen LogP contribution is -2.61. The molecular weight excluding hydrogens is 522 g/mol. The molecule has 0 fully saturated rings. The molecular formula is C32H37N3O6. The number of carbonyl (C=O) groups is 4. The van der Waals surface area contributed by atoms with E-state index in [4.69, 9.17) is 9.47 Å². The molecule has 0 saturated carbocycles. The Morgan fingerprint density at radius 2 is 1.22 bits per heavy atom. The second-order valence-electron chi connectivity index (χ2n) is 10.7. The third-order valence-electron chi connectivity index (χ3n) is 6.15. The molecule has 0 unspecified atom stereocenters. The maximum atomic E-state index is 13.8. The standard InChI is InChI=1S/C32H37N3O6/c1-31(2,3)41-27(37)21-33-26(36)20-34-29(38)32(4,35-30(39)40-22-23-14-8-5-9-15-23)28(24-16-10-6-11-17-24)25-18-12-7-13-19-25/h5-19,28H,20-22H2,1-4H3,(H,33,36)(H,34,38)(H,35,39)/t32-/m1/s1. The Balaban J connectivity index is 1.82. The second-order valence-corrected chi connectivity index (χ2v) is 10.7. The summed E-state index contributed by atoms with van der Waals surface area (Å²) in [6.07, 6.45) is -0.794. The normalized spacial score (nSPS) is 12.5. The molecule has 41 heavy (non-hydrogen) atoms. The molecule has 0 heterocycles. The van der Waals surface area contributed by atoms with E-state index in [1.54, 1.807) is 27.7 Å². The molecule has 0 aliphatic rings. The van der Waals surface area contributed by atoms with Gasteiger partial charge in [-0.05, 0) is 44.4 Å². The lowest BCUT2D eigenvalue weighted by Gasteiger charge is -2.37. The number of alkyl carbamates (subject to hydrolysis) is 1. The molecule has 0 radical (unpaired) electrons. The van der Waals surface area contributed by atoms with Crippen molar-refractivity contribution in [2.75, 3.05) is 13.1 Å². The van der Waals surface area contributed by atoms with Crippen LogP contribution in [0.25, 0.3) is 0 Å². The van der Waals surface area contributed by atoms with Crippen LogP contribution in [0.5, 0.6) is 0 Å². The number of benzene rings is 3. The van der Waals surface area contributed by atoms with E-state index in [1.165, 1.54) is 0 Å². The topological polar surface area (TPSA) is 123 Å². The van der Waals surface area contributed by atoms with Crippen molar-refractivity contribution in [1.82, 2.24) is 16.0 Å². The van der Waals surface area contributed by atoms with Gasteiger partial charge in [0, 0.05) is 5.92 Å². The number of hydrogen-bond acceptors (Lipinski definition) is 6. The van der Waals surface area contributed by atoms with Crippen LogP contribution in [0, 0.1) is 0 Å². The van der Waals surface area contributed by atoms with Crippen molar-refractivity contribution in [2.45, 2.75) is 51.4 Å². The maximum Gasteiger partial charge on any atom is 0.408 e. The minimum Gasteiger partial charge on any atom is -0.459 e. The van der Waals surface area contributed by atoms with Crippen molar-refractivity contribution >= 4 is 23.9 Å². The van der Waals surface area contributed by atoms with E-state index in [2.05, 4.69) is 16.0 Å². The first-order valence-electron chi connectivity index (χ1n) is 13.3. The van der Waals surface area contributed by atoms with E-state index < -0.39 is 47.5 Å². The van der Waals surface area contributed by atoms with Crippen LogP contribution in [-0.2, 0) is 30.5 Å². The van der Waals surface area contributed by atoms with Crippen LogP contribution in [0.15, 0.2) is 91.0 Å². The summed E-state index contributed by atoms with van der Waals surface area (Å²) in [5.41, 5.74) is 0.0612. The smallest absolute Gasteiger partial charge is 0.408 e. The van der Waals surface area contributed by atoms with Crippen LogP contribution in [0.3, 0.4) is 0 Å². The van der Waals surface area contributed by atoms with E-state index in [-0.39, 0.29) is 13.2 Å². The number of hydrogen-bond donors (Lipinski definition) is 3. The zero-order valence-corrected chi connectivity index (χ0v) is 23.8. The van der Waals surface area contributed by atoms with E-state index in [1.807, 2.05) is 91.0 Å². The number of rotatable bonds is 11. The minimum atomic E-state index is -1.58. The predicted molar refractivity (Wildman–Crippen MR) is 155 cm³/mol. The predicted octanol–water partition coefficient (Wildman–Crippen LogP) is 4.08. The Morgan fingerprint density at radius 3 is 1.73 bits per heavy atom. The highest BCUT2D eigenvalue weighted by molar-refractivity contribution is 5.94. The SMILES string of the molecule is CC(C)(C)OC(=O)CNC(=O)CNC(=O)[C@](C)(NC(=O)OCc1ccccc1)C(c1ccccc1)c1ccccc1. The molecule has 3 amide bonds. The Bertz CT molecular complexity index is 1270. The molecule has 216 valence electrons. The van der Waals surface area contributed by atoms with Gasteiger partial charge in [-0.3, -0.25) is 14.4 Å². The number of amides is 3. The molecule has 3 rings (SSSR count). The van der Waals surface area contributed by atoms with Gasteiger partial charge in [0.15, 0.2) is 0 Å². The fraction of sp³-hybridized carbons (Fsp3) is 0.312. The average molecular weight is 560 g/mol. The molecule has 3 aromatic carbocycles. The van der Waals surface area contributed by atoms with Gasteiger partial charge < -0.3 is 25.4 Å². The molecule has 3 aromatic rings. The largest absolute Gasteiger partial charge is 0.459 e. The van der Waals surface area contributed by atoms with Gasteiger partial charge in [-0.25, -0.2) is 4.79 Å². The quantitative estimate of drug-likeness (QED) is 0.304. The lowest BCUT2D eigenvalue weighted by atomic mass is 9.75. The molecule has 3 N–H and O–H groups in total. The monoisotopic (exact) mass is 559 g/mol. The van der Waals surface area contributed by atoms with Crippen molar-refractivity contribution in [3.8, 4) is 0 Å². The van der Waals surface area contributed by atoms with Crippen LogP contribution in [-0.4, -0.2) is 48.1 Å². The summed E-state index contributed by atoms with van der Waals surface area (Å²) in [6.45, 7) is 6.01. The fourth-order valence-corrected chi connectivity index (χ4v) is 4.34. The zero-order chi connectivity index (χ0) is 29.9. The Morgan fingerprint density at radius 1 is 0.707 bits per heavy atom. The van der Waals surface area contributed by atoms with E-state index in [0.717, 1.165) is 16.7 Å². The Kier molecular flexibility index (Phi) is 10.6. The van der Waals surface area contributed by atoms with Gasteiger partial charge >= 0.3 is 12.1 Å². The van der Waals surface area contributed by atoms with Gasteiger partial charge in [0.1, 0.15) is 24.3 Å².